The van der Waals surface area contributed by atoms with Crippen molar-refractivity contribution in [3.63, 3.8) is 0 Å². The largest absolute Gasteiger partial charge is 0.451 e. The number of Topliss-reactive ketones (excluding diaryl/α,β-unsaturated/α-hetero) is 1. The summed E-state index contributed by atoms with van der Waals surface area (Å²) in [6, 6.07) is 10.7. The maximum Gasteiger partial charge on any atom is 0.339 e. The Morgan fingerprint density at radius 1 is 1.12 bits per heavy atom. The van der Waals surface area contributed by atoms with Crippen molar-refractivity contribution in [2.24, 2.45) is 0 Å². The number of ketones is 1. The summed E-state index contributed by atoms with van der Waals surface area (Å²) in [7, 11) is 0. The van der Waals surface area contributed by atoms with Gasteiger partial charge in [-0.05, 0) is 32.0 Å². The van der Waals surface area contributed by atoms with Gasteiger partial charge < -0.3 is 4.74 Å². The lowest BCUT2D eigenvalue weighted by Gasteiger charge is -2.12. The first-order valence-electron chi connectivity index (χ1n) is 7.05. The Labute approximate surface area is 146 Å². The van der Waals surface area contributed by atoms with Crippen molar-refractivity contribution in [3.8, 4) is 0 Å². The fourth-order valence-electron chi connectivity index (χ4n) is 2.06. The van der Waals surface area contributed by atoms with Crippen LogP contribution in [0.15, 0.2) is 46.9 Å². The lowest BCUT2D eigenvalue weighted by Crippen LogP contribution is -2.24. The zero-order chi connectivity index (χ0) is 17.9. The van der Waals surface area contributed by atoms with E-state index in [9.17, 15) is 19.7 Å². The highest BCUT2D eigenvalue weighted by Gasteiger charge is 2.22. The normalized spacial score (nSPS) is 11.6. The molecule has 0 bridgehead atoms. The molecule has 1 atom stereocenters. The first kappa shape index (κ1) is 17.8. The second-order valence-corrected chi connectivity index (χ2v) is 6.09. The molecule has 0 spiro atoms. The predicted octanol–water partition coefficient (Wildman–Crippen LogP) is 4.09. The molecule has 0 unspecified atom stereocenters. The van der Waals surface area contributed by atoms with Crippen molar-refractivity contribution in [2.75, 3.05) is 0 Å². The molecule has 6 nitrogen and oxygen atoms in total. The van der Waals surface area contributed by atoms with E-state index in [2.05, 4.69) is 15.9 Å². The Hall–Kier alpha value is -2.54. The van der Waals surface area contributed by atoms with Gasteiger partial charge in [-0.3, -0.25) is 14.9 Å². The van der Waals surface area contributed by atoms with E-state index >= 15 is 0 Å². The summed E-state index contributed by atoms with van der Waals surface area (Å²) in [6.07, 6.45) is -1.00. The van der Waals surface area contributed by atoms with Crippen molar-refractivity contribution < 1.29 is 19.2 Å². The zero-order valence-corrected chi connectivity index (χ0v) is 14.6. The average molecular weight is 392 g/mol. The van der Waals surface area contributed by atoms with Gasteiger partial charge in [-0.1, -0.05) is 34.1 Å². The molecule has 0 aliphatic heterocycles. The Balaban J connectivity index is 2.14. The molecule has 0 fully saturated rings. The lowest BCUT2D eigenvalue weighted by atomic mass is 10.1. The number of carbonyl (C=O) groups excluding carboxylic acids is 2. The van der Waals surface area contributed by atoms with Crippen molar-refractivity contribution in [1.82, 2.24) is 0 Å². The fraction of sp³-hybridized carbons (Fsp3) is 0.176. The van der Waals surface area contributed by atoms with Crippen LogP contribution < -0.4 is 0 Å². The fourth-order valence-corrected chi connectivity index (χ4v) is 2.33. The first-order valence-corrected chi connectivity index (χ1v) is 7.84. The number of benzene rings is 2. The molecule has 0 aliphatic rings. The summed E-state index contributed by atoms with van der Waals surface area (Å²) in [6.45, 7) is 3.04. The molecule has 2 aromatic carbocycles. The number of esters is 1. The molecule has 124 valence electrons. The summed E-state index contributed by atoms with van der Waals surface area (Å²) in [5.74, 6) is -1.13. The van der Waals surface area contributed by atoms with Crippen LogP contribution in [0.1, 0.15) is 33.2 Å². The zero-order valence-electron chi connectivity index (χ0n) is 13.0. The van der Waals surface area contributed by atoms with Crippen LogP contribution in [0.5, 0.6) is 0 Å². The number of carbonyl (C=O) groups is 2. The Morgan fingerprint density at radius 2 is 1.71 bits per heavy atom. The Kier molecular flexibility index (Phi) is 5.46. The summed E-state index contributed by atoms with van der Waals surface area (Å²) in [5.41, 5.74) is 0.711. The topological polar surface area (TPSA) is 86.5 Å². The van der Waals surface area contributed by atoms with Gasteiger partial charge in [0.2, 0.25) is 5.78 Å². The average Bonchev–Trinajstić information content (AvgIpc) is 2.54. The van der Waals surface area contributed by atoms with Crippen LogP contribution in [0.2, 0.25) is 0 Å². The molecule has 0 amide bonds. The number of ether oxygens (including phenoxy) is 1. The van der Waals surface area contributed by atoms with Crippen LogP contribution in [0.3, 0.4) is 0 Å². The first-order chi connectivity index (χ1) is 11.3. The van der Waals surface area contributed by atoms with Crippen LogP contribution >= 0.6 is 15.9 Å². The molecule has 0 heterocycles. The second kappa shape index (κ2) is 7.35. The van der Waals surface area contributed by atoms with Crippen LogP contribution in [0, 0.1) is 17.0 Å². The van der Waals surface area contributed by atoms with Crippen molar-refractivity contribution >= 4 is 33.4 Å². The minimum atomic E-state index is -1.00. The van der Waals surface area contributed by atoms with Gasteiger partial charge in [0.15, 0.2) is 6.10 Å². The third kappa shape index (κ3) is 4.05. The van der Waals surface area contributed by atoms with E-state index in [-0.39, 0.29) is 17.0 Å². The number of hydrogen-bond acceptors (Lipinski definition) is 5. The van der Waals surface area contributed by atoms with E-state index in [0.29, 0.717) is 11.1 Å². The lowest BCUT2D eigenvalue weighted by molar-refractivity contribution is -0.385. The van der Waals surface area contributed by atoms with Gasteiger partial charge in [0.05, 0.1) is 10.5 Å². The molecule has 24 heavy (non-hydrogen) atoms. The maximum absolute atomic E-state index is 12.3. The van der Waals surface area contributed by atoms with Crippen molar-refractivity contribution in [2.45, 2.75) is 20.0 Å². The number of nitro groups is 1. The van der Waals surface area contributed by atoms with Gasteiger partial charge in [-0.2, -0.15) is 0 Å². The summed E-state index contributed by atoms with van der Waals surface area (Å²) >= 11 is 3.27. The monoisotopic (exact) mass is 391 g/mol. The van der Waals surface area contributed by atoms with Gasteiger partial charge in [0, 0.05) is 21.7 Å². The molecule has 0 aliphatic carbocycles. The Bertz CT molecular complexity index is 801. The number of nitrogens with zero attached hydrogens (tertiary/aromatic N) is 1. The summed E-state index contributed by atoms with van der Waals surface area (Å²) < 4.78 is 5.96. The standard InChI is InChI=1S/C17H14BrNO5/c1-10-3-4-13(9-15(10)19(22)23)17(21)24-11(2)16(20)12-5-7-14(18)8-6-12/h3-9,11H,1-2H3/t11-/m0/s1. The van der Waals surface area contributed by atoms with E-state index in [1.807, 2.05) is 0 Å². The number of halogens is 1. The second-order valence-electron chi connectivity index (χ2n) is 5.18. The predicted molar refractivity (Wildman–Crippen MR) is 91.2 cm³/mol. The summed E-state index contributed by atoms with van der Waals surface area (Å²) in [5, 5.41) is 10.9. The minimum Gasteiger partial charge on any atom is -0.451 e. The molecule has 2 aromatic rings. The minimum absolute atomic E-state index is 0.0303. The van der Waals surface area contributed by atoms with Gasteiger partial charge in [-0.25, -0.2) is 4.79 Å². The molecule has 2 rings (SSSR count). The molecule has 0 N–H and O–H groups in total. The van der Waals surface area contributed by atoms with Gasteiger partial charge in [-0.15, -0.1) is 0 Å². The number of rotatable bonds is 5. The summed E-state index contributed by atoms with van der Waals surface area (Å²) in [4.78, 5) is 34.7. The molecule has 0 saturated heterocycles. The van der Waals surface area contributed by atoms with Gasteiger partial charge in [0.25, 0.3) is 5.69 Å². The van der Waals surface area contributed by atoms with Crippen LogP contribution in [-0.2, 0) is 4.74 Å². The van der Waals surface area contributed by atoms with Crippen molar-refractivity contribution in [3.05, 3.63) is 73.7 Å². The highest BCUT2D eigenvalue weighted by atomic mass is 79.9. The number of aryl methyl sites for hydroxylation is 1. The third-order valence-corrected chi connectivity index (χ3v) is 3.95. The van der Waals surface area contributed by atoms with E-state index in [1.165, 1.54) is 19.1 Å². The SMILES string of the molecule is Cc1ccc(C(=O)O[C@@H](C)C(=O)c2ccc(Br)cc2)cc1[N+](=O)[O-]. The van der Waals surface area contributed by atoms with Gasteiger partial charge >= 0.3 is 5.97 Å². The maximum atomic E-state index is 12.3. The van der Waals surface area contributed by atoms with E-state index in [0.717, 1.165) is 10.5 Å². The highest BCUT2D eigenvalue weighted by molar-refractivity contribution is 9.10. The molecule has 7 heteroatoms. The van der Waals surface area contributed by atoms with Crippen LogP contribution in [0.4, 0.5) is 5.69 Å². The van der Waals surface area contributed by atoms with Gasteiger partial charge in [0.1, 0.15) is 0 Å². The quantitative estimate of drug-likeness (QED) is 0.331. The third-order valence-electron chi connectivity index (χ3n) is 3.42. The molecule has 0 aromatic heterocycles. The molecular formula is C17H14BrNO5. The number of nitro benzene ring substituents is 1. The van der Waals surface area contributed by atoms with E-state index in [4.69, 9.17) is 4.74 Å². The Morgan fingerprint density at radius 3 is 2.29 bits per heavy atom. The molecular weight excluding hydrogens is 378 g/mol. The van der Waals surface area contributed by atoms with Crippen LogP contribution in [0.25, 0.3) is 0 Å². The highest BCUT2D eigenvalue weighted by Crippen LogP contribution is 2.20. The molecule has 0 saturated carbocycles. The van der Waals surface area contributed by atoms with Crippen LogP contribution in [-0.4, -0.2) is 22.8 Å². The van der Waals surface area contributed by atoms with E-state index < -0.39 is 17.0 Å². The van der Waals surface area contributed by atoms with E-state index in [1.54, 1.807) is 31.2 Å². The molecule has 0 radical (unpaired) electrons. The number of hydrogen-bond donors (Lipinski definition) is 0. The smallest absolute Gasteiger partial charge is 0.339 e. The van der Waals surface area contributed by atoms with Crippen molar-refractivity contribution in [1.29, 1.82) is 0 Å².